The van der Waals surface area contributed by atoms with Crippen molar-refractivity contribution in [3.05, 3.63) is 48.3 Å². The number of rotatable bonds is 3. The lowest BCUT2D eigenvalue weighted by Gasteiger charge is -2.38. The van der Waals surface area contributed by atoms with E-state index >= 15 is 0 Å². The molecule has 0 radical (unpaired) electrons. The monoisotopic (exact) mass is 364 g/mol. The highest BCUT2D eigenvalue weighted by atomic mass is 19.3. The molecule has 1 saturated heterocycles. The molecule has 1 aliphatic heterocycles. The van der Waals surface area contributed by atoms with E-state index in [1.807, 2.05) is 0 Å². The highest BCUT2D eigenvalue weighted by Gasteiger charge is 2.46. The second kappa shape index (κ2) is 5.79. The first kappa shape index (κ1) is 16.5. The largest absolute Gasteiger partial charge is 0.329 e. The summed E-state index contributed by atoms with van der Waals surface area (Å²) in [6.45, 7) is -1.42. The maximum Gasteiger partial charge on any atom is 0.282 e. The molecule has 0 aliphatic carbocycles. The van der Waals surface area contributed by atoms with Crippen molar-refractivity contribution < 1.29 is 22.4 Å². The molecule has 0 spiro atoms. The Bertz CT molecular complexity index is 989. The van der Waals surface area contributed by atoms with Gasteiger partial charge in [-0.15, -0.1) is 0 Å². The summed E-state index contributed by atoms with van der Waals surface area (Å²) in [6, 6.07) is 4.70. The summed E-state index contributed by atoms with van der Waals surface area (Å²) in [5, 5.41) is 4.05. The summed E-state index contributed by atoms with van der Waals surface area (Å²) in [6.07, 6.45) is 2.88. The minimum absolute atomic E-state index is 0.220. The van der Waals surface area contributed by atoms with Gasteiger partial charge in [-0.25, -0.2) is 17.6 Å². The Balaban J connectivity index is 1.64. The van der Waals surface area contributed by atoms with Gasteiger partial charge in [0.05, 0.1) is 24.8 Å². The normalized spacial score (nSPS) is 15.9. The fraction of sp³-hybridized carbons (Fsp3) is 0.235. The SMILES string of the molecule is O=C(Cn1ncc2ncc(-c3cc(F)cc(F)c3)cc21)N1CC(F)(F)C1. The zero-order valence-corrected chi connectivity index (χ0v) is 13.3. The van der Waals surface area contributed by atoms with Crippen LogP contribution in [0.5, 0.6) is 0 Å². The van der Waals surface area contributed by atoms with Gasteiger partial charge in [0.25, 0.3) is 5.92 Å². The lowest BCUT2D eigenvalue weighted by molar-refractivity contribution is -0.166. The van der Waals surface area contributed by atoms with Crippen LogP contribution in [0.3, 0.4) is 0 Å². The van der Waals surface area contributed by atoms with E-state index in [4.69, 9.17) is 0 Å². The first-order valence-electron chi connectivity index (χ1n) is 7.74. The Morgan fingerprint density at radius 2 is 1.73 bits per heavy atom. The maximum atomic E-state index is 13.4. The number of benzene rings is 1. The van der Waals surface area contributed by atoms with Crippen molar-refractivity contribution >= 4 is 16.9 Å². The average molecular weight is 364 g/mol. The molecular formula is C17H12F4N4O. The molecule has 3 aromatic rings. The van der Waals surface area contributed by atoms with Crippen LogP contribution in [0, 0.1) is 11.6 Å². The number of alkyl halides is 2. The van der Waals surface area contributed by atoms with Crippen LogP contribution in [-0.2, 0) is 11.3 Å². The molecule has 1 aromatic carbocycles. The summed E-state index contributed by atoms with van der Waals surface area (Å²) >= 11 is 0. The maximum absolute atomic E-state index is 13.4. The second-order valence-electron chi connectivity index (χ2n) is 6.19. The molecule has 0 atom stereocenters. The summed E-state index contributed by atoms with van der Waals surface area (Å²) in [4.78, 5) is 17.3. The van der Waals surface area contributed by atoms with Crippen LogP contribution in [-0.4, -0.2) is 44.6 Å². The Morgan fingerprint density at radius 3 is 2.38 bits per heavy atom. The molecule has 4 rings (SSSR count). The molecule has 3 heterocycles. The lowest BCUT2D eigenvalue weighted by atomic mass is 10.1. The third kappa shape index (κ3) is 3.00. The quantitative estimate of drug-likeness (QED) is 0.672. The van der Waals surface area contributed by atoms with Crippen LogP contribution in [0.1, 0.15) is 0 Å². The van der Waals surface area contributed by atoms with Crippen LogP contribution in [0.2, 0.25) is 0 Å². The van der Waals surface area contributed by atoms with Gasteiger partial charge in [-0.05, 0) is 23.8 Å². The number of halogens is 4. The smallest absolute Gasteiger partial charge is 0.282 e. The summed E-state index contributed by atoms with van der Waals surface area (Å²) in [5.41, 5.74) is 1.68. The number of hydrogen-bond acceptors (Lipinski definition) is 3. The van der Waals surface area contributed by atoms with Crippen LogP contribution >= 0.6 is 0 Å². The van der Waals surface area contributed by atoms with Gasteiger partial charge in [0, 0.05) is 17.8 Å². The van der Waals surface area contributed by atoms with Gasteiger partial charge in [-0.2, -0.15) is 5.10 Å². The van der Waals surface area contributed by atoms with Gasteiger partial charge in [-0.1, -0.05) is 0 Å². The van der Waals surface area contributed by atoms with E-state index < -0.39 is 36.6 Å². The van der Waals surface area contributed by atoms with Gasteiger partial charge >= 0.3 is 0 Å². The number of fused-ring (bicyclic) bond motifs is 1. The summed E-state index contributed by atoms with van der Waals surface area (Å²) in [7, 11) is 0. The van der Waals surface area contributed by atoms with E-state index in [1.165, 1.54) is 29.2 Å². The highest BCUT2D eigenvalue weighted by molar-refractivity contribution is 5.83. The number of carbonyl (C=O) groups is 1. The number of amides is 1. The van der Waals surface area contributed by atoms with Crippen LogP contribution in [0.15, 0.2) is 36.7 Å². The summed E-state index contributed by atoms with van der Waals surface area (Å²) < 4.78 is 54.0. The predicted octanol–water partition coefficient (Wildman–Crippen LogP) is 2.85. The van der Waals surface area contributed by atoms with E-state index in [9.17, 15) is 22.4 Å². The third-order valence-electron chi connectivity index (χ3n) is 4.17. The Labute approximate surface area is 144 Å². The van der Waals surface area contributed by atoms with Crippen molar-refractivity contribution in [1.82, 2.24) is 19.7 Å². The van der Waals surface area contributed by atoms with Crippen LogP contribution in [0.4, 0.5) is 17.6 Å². The van der Waals surface area contributed by atoms with E-state index in [2.05, 4.69) is 10.1 Å². The predicted molar refractivity (Wildman–Crippen MR) is 84.4 cm³/mol. The molecule has 2 aromatic heterocycles. The van der Waals surface area contributed by atoms with Gasteiger partial charge < -0.3 is 4.90 Å². The highest BCUT2D eigenvalue weighted by Crippen LogP contribution is 2.27. The van der Waals surface area contributed by atoms with Crippen molar-refractivity contribution in [1.29, 1.82) is 0 Å². The van der Waals surface area contributed by atoms with Crippen LogP contribution in [0.25, 0.3) is 22.2 Å². The average Bonchev–Trinajstić information content (AvgIpc) is 2.94. The molecular weight excluding hydrogens is 352 g/mol. The molecule has 0 bridgehead atoms. The lowest BCUT2D eigenvalue weighted by Crippen LogP contribution is -2.59. The van der Waals surface area contributed by atoms with Gasteiger partial charge in [0.2, 0.25) is 5.91 Å². The van der Waals surface area contributed by atoms with Crippen molar-refractivity contribution in [2.24, 2.45) is 0 Å². The molecule has 9 heteroatoms. The molecule has 5 nitrogen and oxygen atoms in total. The molecule has 0 unspecified atom stereocenters. The Kier molecular flexibility index (Phi) is 3.67. The summed E-state index contributed by atoms with van der Waals surface area (Å²) in [5.74, 6) is -4.76. The number of pyridine rings is 1. The van der Waals surface area contributed by atoms with Gasteiger partial charge in [-0.3, -0.25) is 14.5 Å². The molecule has 26 heavy (non-hydrogen) atoms. The molecule has 0 N–H and O–H groups in total. The fourth-order valence-corrected chi connectivity index (χ4v) is 2.88. The Hall–Kier alpha value is -2.97. The van der Waals surface area contributed by atoms with E-state index in [0.717, 1.165) is 11.0 Å². The molecule has 1 aliphatic rings. The van der Waals surface area contributed by atoms with Crippen LogP contribution < -0.4 is 0 Å². The Morgan fingerprint density at radius 1 is 1.04 bits per heavy atom. The third-order valence-corrected chi connectivity index (χ3v) is 4.17. The van der Waals surface area contributed by atoms with Crippen molar-refractivity contribution in [3.63, 3.8) is 0 Å². The second-order valence-corrected chi connectivity index (χ2v) is 6.19. The minimum atomic E-state index is -2.84. The van der Waals surface area contributed by atoms with Gasteiger partial charge in [0.1, 0.15) is 23.7 Å². The minimum Gasteiger partial charge on any atom is -0.329 e. The first-order chi connectivity index (χ1) is 12.3. The zero-order chi connectivity index (χ0) is 18.5. The molecule has 1 amide bonds. The molecule has 0 saturated carbocycles. The number of likely N-dealkylation sites (tertiary alicyclic amines) is 1. The zero-order valence-electron chi connectivity index (χ0n) is 13.3. The first-order valence-corrected chi connectivity index (χ1v) is 7.74. The van der Waals surface area contributed by atoms with Gasteiger partial charge in [0.15, 0.2) is 0 Å². The van der Waals surface area contributed by atoms with E-state index in [-0.39, 0.29) is 6.54 Å². The topological polar surface area (TPSA) is 51.0 Å². The number of hydrogen-bond donors (Lipinski definition) is 0. The van der Waals surface area contributed by atoms with E-state index in [1.54, 1.807) is 6.07 Å². The molecule has 134 valence electrons. The van der Waals surface area contributed by atoms with E-state index in [0.29, 0.717) is 22.2 Å². The fourth-order valence-electron chi connectivity index (χ4n) is 2.88. The van der Waals surface area contributed by atoms with Crippen molar-refractivity contribution in [2.75, 3.05) is 13.1 Å². The standard InChI is InChI=1S/C17H12F4N4O/c18-12-1-10(2-13(19)4-12)11-3-15-14(22-5-11)6-23-25(15)7-16(26)24-8-17(20,21)9-24/h1-6H,7-9H2. The molecule has 1 fully saturated rings. The number of aromatic nitrogens is 3. The van der Waals surface area contributed by atoms with Crippen molar-refractivity contribution in [2.45, 2.75) is 12.5 Å². The number of carbonyl (C=O) groups excluding carboxylic acids is 1. The number of nitrogens with zero attached hydrogens (tertiary/aromatic N) is 4. The van der Waals surface area contributed by atoms with Crippen molar-refractivity contribution in [3.8, 4) is 11.1 Å².